The van der Waals surface area contributed by atoms with Crippen LogP contribution in [0.1, 0.15) is 31.9 Å². The first-order chi connectivity index (χ1) is 8.22. The molecule has 0 bridgehead atoms. The summed E-state index contributed by atoms with van der Waals surface area (Å²) in [5.41, 5.74) is 2.23. The molecular weight excluding hydrogens is 210 g/mol. The lowest BCUT2D eigenvalue weighted by Gasteiger charge is -2.02. The molecule has 0 aliphatic rings. The number of hydrogen-bond donors (Lipinski definition) is 1. The van der Waals surface area contributed by atoms with Gasteiger partial charge in [0.05, 0.1) is 13.0 Å². The zero-order chi connectivity index (χ0) is 13.1. The number of nitrogens with one attached hydrogen (secondary N) is 1. The SMILES string of the molecule is CC.CC#CCNC(=O)Cc1ccc(C)cc1. The summed E-state index contributed by atoms with van der Waals surface area (Å²) in [6.07, 6.45) is 0.422. The molecule has 1 N–H and O–H groups in total. The van der Waals surface area contributed by atoms with E-state index in [4.69, 9.17) is 0 Å². The fourth-order valence-electron chi connectivity index (χ4n) is 1.18. The highest BCUT2D eigenvalue weighted by atomic mass is 16.1. The van der Waals surface area contributed by atoms with E-state index in [1.54, 1.807) is 6.92 Å². The van der Waals surface area contributed by atoms with E-state index in [0.29, 0.717) is 13.0 Å². The molecule has 2 heteroatoms. The topological polar surface area (TPSA) is 29.1 Å². The molecule has 0 fully saturated rings. The van der Waals surface area contributed by atoms with Gasteiger partial charge in [0.2, 0.25) is 5.91 Å². The summed E-state index contributed by atoms with van der Waals surface area (Å²) in [6.45, 7) is 8.22. The molecule has 92 valence electrons. The monoisotopic (exact) mass is 231 g/mol. The van der Waals surface area contributed by atoms with Gasteiger partial charge in [0.15, 0.2) is 0 Å². The number of amides is 1. The van der Waals surface area contributed by atoms with Crippen molar-refractivity contribution in [2.24, 2.45) is 0 Å². The molecule has 0 heterocycles. The van der Waals surface area contributed by atoms with Crippen LogP contribution in [0.2, 0.25) is 0 Å². The second kappa shape index (κ2) is 9.47. The second-order valence-electron chi connectivity index (χ2n) is 3.37. The van der Waals surface area contributed by atoms with Gasteiger partial charge >= 0.3 is 0 Å². The first kappa shape index (κ1) is 15.2. The Morgan fingerprint density at radius 2 is 1.82 bits per heavy atom. The molecule has 0 spiro atoms. The third-order valence-corrected chi connectivity index (χ3v) is 2.04. The van der Waals surface area contributed by atoms with Crippen LogP contribution >= 0.6 is 0 Å². The Morgan fingerprint density at radius 1 is 1.24 bits per heavy atom. The summed E-state index contributed by atoms with van der Waals surface area (Å²) < 4.78 is 0. The molecule has 1 amide bonds. The van der Waals surface area contributed by atoms with Crippen molar-refractivity contribution in [2.45, 2.75) is 34.1 Å². The van der Waals surface area contributed by atoms with E-state index >= 15 is 0 Å². The van der Waals surface area contributed by atoms with Crippen molar-refractivity contribution in [3.8, 4) is 11.8 Å². The molecule has 2 nitrogen and oxygen atoms in total. The van der Waals surface area contributed by atoms with Crippen molar-refractivity contribution in [3.05, 3.63) is 35.4 Å². The fraction of sp³-hybridized carbons (Fsp3) is 0.400. The Hall–Kier alpha value is -1.75. The Morgan fingerprint density at radius 3 is 2.35 bits per heavy atom. The zero-order valence-electron chi connectivity index (χ0n) is 11.1. The third-order valence-electron chi connectivity index (χ3n) is 2.04. The van der Waals surface area contributed by atoms with E-state index in [9.17, 15) is 4.79 Å². The van der Waals surface area contributed by atoms with Gasteiger partial charge in [-0.25, -0.2) is 0 Å². The van der Waals surface area contributed by atoms with Crippen LogP contribution in [0.3, 0.4) is 0 Å². The highest BCUT2D eigenvalue weighted by molar-refractivity contribution is 5.78. The molecule has 0 aromatic heterocycles. The van der Waals surface area contributed by atoms with Gasteiger partial charge in [-0.05, 0) is 19.4 Å². The average molecular weight is 231 g/mol. The van der Waals surface area contributed by atoms with E-state index in [2.05, 4.69) is 17.2 Å². The van der Waals surface area contributed by atoms with Crippen molar-refractivity contribution in [1.82, 2.24) is 5.32 Å². The smallest absolute Gasteiger partial charge is 0.225 e. The summed E-state index contributed by atoms with van der Waals surface area (Å²) in [5.74, 6) is 5.54. The molecule has 1 aromatic rings. The van der Waals surface area contributed by atoms with E-state index in [1.807, 2.05) is 45.0 Å². The minimum absolute atomic E-state index is 0.0154. The number of benzene rings is 1. The van der Waals surface area contributed by atoms with E-state index in [1.165, 1.54) is 5.56 Å². The van der Waals surface area contributed by atoms with Crippen LogP contribution < -0.4 is 5.32 Å². The van der Waals surface area contributed by atoms with Crippen LogP contribution in [-0.2, 0) is 11.2 Å². The summed E-state index contributed by atoms with van der Waals surface area (Å²) in [4.78, 5) is 11.4. The number of carbonyl (C=O) groups excluding carboxylic acids is 1. The van der Waals surface area contributed by atoms with Crippen molar-refractivity contribution in [3.63, 3.8) is 0 Å². The van der Waals surface area contributed by atoms with Crippen LogP contribution in [0.15, 0.2) is 24.3 Å². The maximum atomic E-state index is 11.4. The summed E-state index contributed by atoms with van der Waals surface area (Å²) in [7, 11) is 0. The standard InChI is InChI=1S/C13H15NO.C2H6/c1-3-4-9-14-13(15)10-12-7-5-11(2)6-8-12;1-2/h5-8H,9-10H2,1-2H3,(H,14,15);1-2H3. The van der Waals surface area contributed by atoms with Gasteiger partial charge in [0.1, 0.15) is 0 Å². The highest BCUT2D eigenvalue weighted by Gasteiger charge is 2.00. The van der Waals surface area contributed by atoms with Gasteiger partial charge < -0.3 is 5.32 Å². The number of rotatable bonds is 3. The van der Waals surface area contributed by atoms with Gasteiger partial charge in [-0.3, -0.25) is 4.79 Å². The number of carbonyl (C=O) groups is 1. The van der Waals surface area contributed by atoms with Crippen LogP contribution in [0.5, 0.6) is 0 Å². The molecule has 0 aliphatic heterocycles. The molecule has 0 atom stereocenters. The lowest BCUT2D eigenvalue weighted by Crippen LogP contribution is -2.25. The number of hydrogen-bond acceptors (Lipinski definition) is 1. The third kappa shape index (κ3) is 7.19. The molecule has 1 aromatic carbocycles. The lowest BCUT2D eigenvalue weighted by molar-refractivity contribution is -0.120. The Balaban J connectivity index is 0.00000121. The first-order valence-corrected chi connectivity index (χ1v) is 5.94. The second-order valence-corrected chi connectivity index (χ2v) is 3.37. The van der Waals surface area contributed by atoms with Gasteiger partial charge in [0, 0.05) is 0 Å². The Labute approximate surface area is 104 Å². The maximum absolute atomic E-state index is 11.4. The average Bonchev–Trinajstić information content (AvgIpc) is 2.35. The minimum Gasteiger partial charge on any atom is -0.345 e. The van der Waals surface area contributed by atoms with Gasteiger partial charge in [-0.15, -0.1) is 5.92 Å². The molecule has 0 saturated heterocycles. The molecule has 0 saturated carbocycles. The van der Waals surface area contributed by atoms with E-state index in [-0.39, 0.29) is 5.91 Å². The largest absolute Gasteiger partial charge is 0.345 e. The van der Waals surface area contributed by atoms with Crippen molar-refractivity contribution >= 4 is 5.91 Å². The lowest BCUT2D eigenvalue weighted by atomic mass is 10.1. The maximum Gasteiger partial charge on any atom is 0.225 e. The Kier molecular flexibility index (Phi) is 8.50. The first-order valence-electron chi connectivity index (χ1n) is 5.94. The minimum atomic E-state index is 0.0154. The highest BCUT2D eigenvalue weighted by Crippen LogP contribution is 2.03. The van der Waals surface area contributed by atoms with Crippen molar-refractivity contribution in [1.29, 1.82) is 0 Å². The van der Waals surface area contributed by atoms with Gasteiger partial charge in [-0.1, -0.05) is 49.6 Å². The van der Waals surface area contributed by atoms with Crippen LogP contribution in [0.25, 0.3) is 0 Å². The predicted molar refractivity (Wildman–Crippen MR) is 72.7 cm³/mol. The van der Waals surface area contributed by atoms with Crippen molar-refractivity contribution in [2.75, 3.05) is 6.54 Å². The van der Waals surface area contributed by atoms with Crippen LogP contribution in [-0.4, -0.2) is 12.5 Å². The van der Waals surface area contributed by atoms with E-state index in [0.717, 1.165) is 5.56 Å². The zero-order valence-corrected chi connectivity index (χ0v) is 11.1. The number of aryl methyl sites for hydroxylation is 1. The molecule has 0 unspecified atom stereocenters. The molecule has 17 heavy (non-hydrogen) atoms. The summed E-state index contributed by atoms with van der Waals surface area (Å²) >= 11 is 0. The van der Waals surface area contributed by atoms with Crippen LogP contribution in [0.4, 0.5) is 0 Å². The van der Waals surface area contributed by atoms with E-state index < -0.39 is 0 Å². The Bertz CT molecular complexity index is 382. The van der Waals surface area contributed by atoms with Gasteiger partial charge in [0.25, 0.3) is 0 Å². The predicted octanol–water partition coefficient (Wildman–Crippen LogP) is 2.70. The molecule has 0 radical (unpaired) electrons. The molecule has 0 aliphatic carbocycles. The fourth-order valence-corrected chi connectivity index (χ4v) is 1.18. The quantitative estimate of drug-likeness (QED) is 0.796. The summed E-state index contributed by atoms with van der Waals surface area (Å²) in [6, 6.07) is 7.96. The van der Waals surface area contributed by atoms with Gasteiger partial charge in [-0.2, -0.15) is 0 Å². The van der Waals surface area contributed by atoms with Crippen LogP contribution in [0, 0.1) is 18.8 Å². The summed E-state index contributed by atoms with van der Waals surface area (Å²) in [5, 5.41) is 2.73. The molecule has 1 rings (SSSR count). The molecular formula is C15H21NO. The normalized spacial score (nSPS) is 8.24. The van der Waals surface area contributed by atoms with Crippen molar-refractivity contribution < 1.29 is 4.79 Å².